The van der Waals surface area contributed by atoms with Crippen LogP contribution in [0.25, 0.3) is 6.08 Å². The van der Waals surface area contributed by atoms with E-state index in [1.807, 2.05) is 19.1 Å². The number of carboxylic acids is 1. The van der Waals surface area contributed by atoms with Gasteiger partial charge in [0, 0.05) is 6.08 Å². The molecule has 1 aromatic rings. The molecule has 0 aromatic heterocycles. The van der Waals surface area contributed by atoms with Crippen molar-refractivity contribution in [3.05, 3.63) is 42.0 Å². The molecule has 0 aliphatic rings. The maximum Gasteiger partial charge on any atom is 0.328 e. The van der Waals surface area contributed by atoms with Crippen molar-refractivity contribution in [2.45, 2.75) is 6.92 Å². The second-order valence-corrected chi connectivity index (χ2v) is 3.46. The van der Waals surface area contributed by atoms with E-state index in [-0.39, 0.29) is 0 Å². The molecule has 4 heteroatoms. The molecule has 96 valence electrons. The molecule has 18 heavy (non-hydrogen) atoms. The first kappa shape index (κ1) is 13.8. The number of hydrogen-bond donors (Lipinski definition) is 1. The van der Waals surface area contributed by atoms with Gasteiger partial charge in [-0.3, -0.25) is 0 Å². The summed E-state index contributed by atoms with van der Waals surface area (Å²) in [6, 6.07) is 5.25. The number of carbonyl (C=O) groups is 1. The summed E-state index contributed by atoms with van der Waals surface area (Å²) < 4.78 is 10.7. The molecule has 0 heterocycles. The summed E-state index contributed by atoms with van der Waals surface area (Å²) in [5.41, 5.74) is 0.743. The van der Waals surface area contributed by atoms with E-state index in [9.17, 15) is 4.79 Å². The Morgan fingerprint density at radius 1 is 1.39 bits per heavy atom. The first-order valence-corrected chi connectivity index (χ1v) is 5.50. The van der Waals surface area contributed by atoms with Gasteiger partial charge < -0.3 is 14.6 Å². The smallest absolute Gasteiger partial charge is 0.328 e. The number of carboxylic acid groups (broad SMARTS) is 1. The van der Waals surface area contributed by atoms with Crippen LogP contribution < -0.4 is 9.47 Å². The Hall–Kier alpha value is -2.23. The highest BCUT2D eigenvalue weighted by atomic mass is 16.5. The molecule has 0 aliphatic heterocycles. The zero-order chi connectivity index (χ0) is 13.4. The molecule has 1 aromatic carbocycles. The molecular formula is C14H16O4. The Balaban J connectivity index is 2.85. The molecule has 0 unspecified atom stereocenters. The second-order valence-electron chi connectivity index (χ2n) is 3.46. The molecule has 0 radical (unpaired) electrons. The summed E-state index contributed by atoms with van der Waals surface area (Å²) in [7, 11) is 1.54. The Labute approximate surface area is 106 Å². The van der Waals surface area contributed by atoms with Gasteiger partial charge in [0.15, 0.2) is 11.5 Å². The van der Waals surface area contributed by atoms with Gasteiger partial charge in [-0.2, -0.15) is 0 Å². The van der Waals surface area contributed by atoms with Gasteiger partial charge in [0.25, 0.3) is 0 Å². The minimum atomic E-state index is -0.984. The van der Waals surface area contributed by atoms with Crippen molar-refractivity contribution in [3.63, 3.8) is 0 Å². The van der Waals surface area contributed by atoms with Crippen LogP contribution in [-0.2, 0) is 4.79 Å². The summed E-state index contributed by atoms with van der Waals surface area (Å²) in [6.07, 6.45) is 6.36. The lowest BCUT2D eigenvalue weighted by atomic mass is 10.2. The summed E-state index contributed by atoms with van der Waals surface area (Å²) in [5, 5.41) is 8.55. The van der Waals surface area contributed by atoms with Gasteiger partial charge in [-0.05, 0) is 30.7 Å². The summed E-state index contributed by atoms with van der Waals surface area (Å²) >= 11 is 0. The van der Waals surface area contributed by atoms with E-state index in [1.54, 1.807) is 25.3 Å². The van der Waals surface area contributed by atoms with Crippen LogP contribution in [0.4, 0.5) is 0 Å². The van der Waals surface area contributed by atoms with Gasteiger partial charge >= 0.3 is 5.97 Å². The highest BCUT2D eigenvalue weighted by Crippen LogP contribution is 2.28. The quantitative estimate of drug-likeness (QED) is 0.621. The first-order chi connectivity index (χ1) is 8.67. The normalized spacial score (nSPS) is 11.0. The van der Waals surface area contributed by atoms with Gasteiger partial charge in [-0.1, -0.05) is 18.2 Å². The second kappa shape index (κ2) is 7.17. The van der Waals surface area contributed by atoms with Gasteiger partial charge in [0.05, 0.1) is 7.11 Å². The molecule has 0 saturated carbocycles. The lowest BCUT2D eigenvalue weighted by Gasteiger charge is -2.09. The largest absolute Gasteiger partial charge is 0.493 e. The fourth-order valence-corrected chi connectivity index (χ4v) is 1.31. The minimum Gasteiger partial charge on any atom is -0.493 e. The standard InChI is InChI=1S/C14H16O4/c1-3-4-9-18-12-7-5-11(6-8-14(15)16)10-13(12)17-2/h3-8,10H,9H2,1-2H3,(H,15,16)/b4-3+,8-6+. The number of hydrogen-bond acceptors (Lipinski definition) is 3. The lowest BCUT2D eigenvalue weighted by Crippen LogP contribution is -1.96. The summed E-state index contributed by atoms with van der Waals surface area (Å²) in [6.45, 7) is 2.39. The zero-order valence-electron chi connectivity index (χ0n) is 10.4. The van der Waals surface area contributed by atoms with Crippen molar-refractivity contribution < 1.29 is 19.4 Å². The van der Waals surface area contributed by atoms with E-state index in [0.717, 1.165) is 11.6 Å². The molecule has 0 amide bonds. The first-order valence-electron chi connectivity index (χ1n) is 5.50. The Kier molecular flexibility index (Phi) is 5.51. The number of ether oxygens (including phenoxy) is 2. The fourth-order valence-electron chi connectivity index (χ4n) is 1.31. The number of benzene rings is 1. The Bertz CT molecular complexity index is 461. The average Bonchev–Trinajstić information content (AvgIpc) is 2.37. The summed E-state index contributed by atoms with van der Waals surface area (Å²) in [5.74, 6) is 0.220. The molecule has 0 saturated heterocycles. The lowest BCUT2D eigenvalue weighted by molar-refractivity contribution is -0.131. The van der Waals surface area contributed by atoms with Crippen molar-refractivity contribution in [2.75, 3.05) is 13.7 Å². The van der Waals surface area contributed by atoms with Gasteiger partial charge in [-0.15, -0.1) is 0 Å². The monoisotopic (exact) mass is 248 g/mol. The van der Waals surface area contributed by atoms with Crippen molar-refractivity contribution in [3.8, 4) is 11.5 Å². The molecule has 4 nitrogen and oxygen atoms in total. The average molecular weight is 248 g/mol. The highest BCUT2D eigenvalue weighted by molar-refractivity contribution is 5.85. The third kappa shape index (κ3) is 4.33. The SMILES string of the molecule is C/C=C/COc1ccc(/C=C/C(=O)O)cc1OC. The van der Waals surface area contributed by atoms with Gasteiger partial charge in [0.2, 0.25) is 0 Å². The van der Waals surface area contributed by atoms with Crippen LogP contribution in [0.1, 0.15) is 12.5 Å². The molecule has 0 atom stereocenters. The third-order valence-electron chi connectivity index (χ3n) is 2.18. The molecule has 0 fully saturated rings. The molecule has 0 bridgehead atoms. The van der Waals surface area contributed by atoms with Crippen LogP contribution in [0.2, 0.25) is 0 Å². The van der Waals surface area contributed by atoms with Crippen molar-refractivity contribution in [2.24, 2.45) is 0 Å². The Morgan fingerprint density at radius 3 is 2.78 bits per heavy atom. The third-order valence-corrected chi connectivity index (χ3v) is 2.18. The molecule has 1 rings (SSSR count). The minimum absolute atomic E-state index is 0.469. The van der Waals surface area contributed by atoms with E-state index in [1.165, 1.54) is 6.08 Å². The van der Waals surface area contributed by atoms with Crippen molar-refractivity contribution in [1.29, 1.82) is 0 Å². The van der Waals surface area contributed by atoms with Crippen LogP contribution in [0.5, 0.6) is 11.5 Å². The summed E-state index contributed by atoms with van der Waals surface area (Å²) in [4.78, 5) is 10.4. The number of allylic oxidation sites excluding steroid dienone is 1. The van der Waals surface area contributed by atoms with E-state index < -0.39 is 5.97 Å². The van der Waals surface area contributed by atoms with E-state index in [4.69, 9.17) is 14.6 Å². The number of aliphatic carboxylic acids is 1. The predicted octanol–water partition coefficient (Wildman–Crippen LogP) is 2.75. The molecule has 0 aliphatic carbocycles. The van der Waals surface area contributed by atoms with Gasteiger partial charge in [-0.25, -0.2) is 4.79 Å². The predicted molar refractivity (Wildman–Crippen MR) is 70.0 cm³/mol. The van der Waals surface area contributed by atoms with Crippen LogP contribution >= 0.6 is 0 Å². The number of rotatable bonds is 6. The highest BCUT2D eigenvalue weighted by Gasteiger charge is 2.04. The number of methoxy groups -OCH3 is 1. The van der Waals surface area contributed by atoms with E-state index in [2.05, 4.69) is 0 Å². The van der Waals surface area contributed by atoms with Crippen molar-refractivity contribution >= 4 is 12.0 Å². The molecule has 1 N–H and O–H groups in total. The van der Waals surface area contributed by atoms with Crippen molar-refractivity contribution in [1.82, 2.24) is 0 Å². The maximum absolute atomic E-state index is 10.4. The van der Waals surface area contributed by atoms with Crippen LogP contribution in [0.15, 0.2) is 36.4 Å². The van der Waals surface area contributed by atoms with Crippen LogP contribution in [0.3, 0.4) is 0 Å². The van der Waals surface area contributed by atoms with Crippen LogP contribution in [0, 0.1) is 0 Å². The molecule has 0 spiro atoms. The van der Waals surface area contributed by atoms with E-state index in [0.29, 0.717) is 18.1 Å². The van der Waals surface area contributed by atoms with Gasteiger partial charge in [0.1, 0.15) is 6.61 Å². The zero-order valence-corrected chi connectivity index (χ0v) is 10.4. The molecular weight excluding hydrogens is 232 g/mol. The van der Waals surface area contributed by atoms with E-state index >= 15 is 0 Å². The Morgan fingerprint density at radius 2 is 2.17 bits per heavy atom. The van der Waals surface area contributed by atoms with Crippen LogP contribution in [-0.4, -0.2) is 24.8 Å². The topological polar surface area (TPSA) is 55.8 Å². The fraction of sp³-hybridized carbons (Fsp3) is 0.214. The maximum atomic E-state index is 10.4.